The maximum atomic E-state index is 12.7. The van der Waals surface area contributed by atoms with Gasteiger partial charge in [-0.3, -0.25) is 13.8 Å². The molecule has 320 valence electrons. The zero-order valence-corrected chi connectivity index (χ0v) is 34.6. The normalized spacial score (nSPS) is 23.7. The van der Waals surface area contributed by atoms with Crippen LogP contribution in [0.25, 0.3) is 0 Å². The van der Waals surface area contributed by atoms with Crippen LogP contribution in [-0.2, 0) is 27.9 Å². The van der Waals surface area contributed by atoms with Crippen molar-refractivity contribution in [1.82, 2.24) is 0 Å². The second kappa shape index (κ2) is 33.3. The summed E-state index contributed by atoms with van der Waals surface area (Å²) in [6, 6.07) is 0. The molecule has 0 amide bonds. The number of carbonyl (C=O) groups excluding carboxylic acids is 1. The summed E-state index contributed by atoms with van der Waals surface area (Å²) in [6.45, 7) is 4.06. The first-order valence-electron chi connectivity index (χ1n) is 21.0. The van der Waals surface area contributed by atoms with Crippen LogP contribution in [0.2, 0.25) is 0 Å². The Kier molecular flexibility index (Phi) is 31.1. The zero-order valence-electron chi connectivity index (χ0n) is 33.7. The Balaban J connectivity index is 2.37. The van der Waals surface area contributed by atoms with Gasteiger partial charge in [-0.05, 0) is 51.4 Å². The second-order valence-corrected chi connectivity index (χ2v) is 15.9. The Labute approximate surface area is 331 Å². The van der Waals surface area contributed by atoms with Gasteiger partial charge in [0.15, 0.2) is 0 Å². The largest absolute Gasteiger partial charge is 0.472 e. The smallest absolute Gasteiger partial charge is 0.457 e. The molecule has 1 aliphatic rings. The van der Waals surface area contributed by atoms with E-state index in [1.54, 1.807) is 0 Å². The minimum absolute atomic E-state index is 0.0846. The first-order chi connectivity index (χ1) is 26.5. The van der Waals surface area contributed by atoms with Gasteiger partial charge in [-0.2, -0.15) is 0 Å². The third-order valence-electron chi connectivity index (χ3n) is 9.47. The molecule has 6 unspecified atom stereocenters. The van der Waals surface area contributed by atoms with Crippen molar-refractivity contribution in [1.29, 1.82) is 0 Å². The average molecular weight is 803 g/mol. The first kappa shape index (κ1) is 51.3. The van der Waals surface area contributed by atoms with Crippen molar-refractivity contribution in [2.45, 2.75) is 191 Å². The molecule has 0 radical (unpaired) electrons. The van der Waals surface area contributed by atoms with E-state index in [-0.39, 0.29) is 13.0 Å². The molecule has 1 saturated carbocycles. The lowest BCUT2D eigenvalue weighted by molar-refractivity contribution is -0.220. The number of hydrogen-bond donors (Lipinski definition) is 6. The fourth-order valence-corrected chi connectivity index (χ4v) is 7.08. The third kappa shape index (κ3) is 26.0. The number of aliphatic hydroxyl groups excluding tert-OH is 5. The van der Waals surface area contributed by atoms with E-state index in [1.165, 1.54) is 44.9 Å². The molecule has 1 rings (SSSR count). The lowest BCUT2D eigenvalue weighted by atomic mass is 9.85. The molecule has 0 heterocycles. The van der Waals surface area contributed by atoms with Gasteiger partial charge in [0, 0.05) is 13.0 Å². The summed E-state index contributed by atoms with van der Waals surface area (Å²) in [5, 5.41) is 50.0. The van der Waals surface area contributed by atoms with Crippen LogP contribution >= 0.6 is 7.82 Å². The van der Waals surface area contributed by atoms with Crippen molar-refractivity contribution in [3.05, 3.63) is 48.6 Å². The van der Waals surface area contributed by atoms with Gasteiger partial charge < -0.3 is 39.9 Å². The predicted molar refractivity (Wildman–Crippen MR) is 216 cm³/mol. The molecule has 0 aliphatic heterocycles. The maximum Gasteiger partial charge on any atom is 0.472 e. The van der Waals surface area contributed by atoms with E-state index in [4.69, 9.17) is 18.5 Å². The van der Waals surface area contributed by atoms with Crippen LogP contribution in [0.3, 0.4) is 0 Å². The van der Waals surface area contributed by atoms with Crippen LogP contribution in [0, 0.1) is 0 Å². The lowest BCUT2D eigenvalue weighted by Crippen LogP contribution is -2.64. The van der Waals surface area contributed by atoms with Crippen LogP contribution in [0.4, 0.5) is 0 Å². The molecular formula is C42H75O12P. The van der Waals surface area contributed by atoms with Gasteiger partial charge in [-0.1, -0.05) is 140 Å². The Hall–Kier alpha value is -1.70. The molecule has 0 saturated heterocycles. The van der Waals surface area contributed by atoms with E-state index in [2.05, 4.69) is 62.5 Å². The topological polar surface area (TPSA) is 192 Å². The van der Waals surface area contributed by atoms with Crippen LogP contribution < -0.4 is 0 Å². The number of hydrogen-bond acceptors (Lipinski definition) is 11. The summed E-state index contributed by atoms with van der Waals surface area (Å²) in [7, 11) is -5.01. The molecule has 0 spiro atoms. The number of carbonyl (C=O) groups is 1. The van der Waals surface area contributed by atoms with E-state index >= 15 is 0 Å². The number of phosphoric acid groups is 1. The summed E-state index contributed by atoms with van der Waals surface area (Å²) < 4.78 is 34.0. The van der Waals surface area contributed by atoms with E-state index in [1.807, 2.05) is 0 Å². The number of esters is 1. The first-order valence-corrected chi connectivity index (χ1v) is 22.5. The molecule has 1 fully saturated rings. The Morgan fingerprint density at radius 3 is 1.64 bits per heavy atom. The molecule has 0 aromatic rings. The van der Waals surface area contributed by atoms with Crippen molar-refractivity contribution in [3.63, 3.8) is 0 Å². The molecule has 13 heteroatoms. The molecule has 6 N–H and O–H groups in total. The summed E-state index contributed by atoms with van der Waals surface area (Å²) in [6.07, 6.45) is 26.3. The second-order valence-electron chi connectivity index (χ2n) is 14.5. The fraction of sp³-hybridized carbons (Fsp3) is 0.786. The highest BCUT2D eigenvalue weighted by molar-refractivity contribution is 7.47. The van der Waals surface area contributed by atoms with Crippen molar-refractivity contribution in [2.24, 2.45) is 0 Å². The highest BCUT2D eigenvalue weighted by Crippen LogP contribution is 2.47. The van der Waals surface area contributed by atoms with Crippen LogP contribution in [0.15, 0.2) is 48.6 Å². The molecule has 0 aromatic heterocycles. The number of allylic oxidation sites excluding steroid dienone is 8. The van der Waals surface area contributed by atoms with Crippen molar-refractivity contribution in [3.8, 4) is 0 Å². The Bertz CT molecular complexity index is 1100. The zero-order chi connectivity index (χ0) is 40.6. The summed E-state index contributed by atoms with van der Waals surface area (Å²) >= 11 is 0. The van der Waals surface area contributed by atoms with Crippen molar-refractivity contribution in [2.75, 3.05) is 19.8 Å². The van der Waals surface area contributed by atoms with Gasteiger partial charge >= 0.3 is 13.8 Å². The third-order valence-corrected chi connectivity index (χ3v) is 10.5. The molecule has 1 aliphatic carbocycles. The van der Waals surface area contributed by atoms with Crippen molar-refractivity contribution >= 4 is 13.8 Å². The standard InChI is InChI=1S/C42H75O12P/c1-3-5-7-9-11-13-14-15-16-17-18-19-20-21-22-23-24-26-28-30-32-51-33-35(53-36(43)31-29-27-25-12-10-8-6-4-2)34-52-55(49,50)54-42-40(47)38(45)37(44)39(46)41(42)48/h5,7,11,13,15-16,18-19,35,37-42,44-48H,3-4,6,8-10,12,14,17,20-34H2,1-2H3,(H,49,50)/b7-5-,13-11-,16-15-,19-18-. The van der Waals surface area contributed by atoms with Gasteiger partial charge in [-0.25, -0.2) is 4.57 Å². The number of phosphoric ester groups is 1. The number of unbranched alkanes of at least 4 members (excludes halogenated alkanes) is 14. The van der Waals surface area contributed by atoms with Gasteiger partial charge in [0.25, 0.3) is 0 Å². The minimum Gasteiger partial charge on any atom is -0.457 e. The number of aliphatic hydroxyl groups is 5. The molecule has 55 heavy (non-hydrogen) atoms. The fourth-order valence-electron chi connectivity index (χ4n) is 6.11. The van der Waals surface area contributed by atoms with E-state index in [9.17, 15) is 39.8 Å². The molecule has 0 aromatic carbocycles. The molecule has 12 nitrogen and oxygen atoms in total. The van der Waals surface area contributed by atoms with Crippen LogP contribution in [0.5, 0.6) is 0 Å². The number of ether oxygens (including phenoxy) is 2. The number of rotatable bonds is 34. The molecule has 6 atom stereocenters. The monoisotopic (exact) mass is 802 g/mol. The highest BCUT2D eigenvalue weighted by Gasteiger charge is 2.51. The molecular weight excluding hydrogens is 727 g/mol. The van der Waals surface area contributed by atoms with Crippen LogP contribution in [0.1, 0.15) is 149 Å². The SMILES string of the molecule is CC/C=C\C/C=C\C/C=C\C/C=C\CCCCCCCCCOCC(COP(=O)(O)OC1C(O)C(O)C(O)C(O)C1O)OC(=O)CCCCCCCCCC. The van der Waals surface area contributed by atoms with Crippen molar-refractivity contribution < 1.29 is 58.3 Å². The van der Waals surface area contributed by atoms with Crippen LogP contribution in [-0.4, -0.2) is 98.9 Å². The van der Waals surface area contributed by atoms with E-state index in [0.717, 1.165) is 77.0 Å². The summed E-state index contributed by atoms with van der Waals surface area (Å²) in [5.41, 5.74) is 0. The Morgan fingerprint density at radius 1 is 0.600 bits per heavy atom. The van der Waals surface area contributed by atoms with Gasteiger partial charge in [-0.15, -0.1) is 0 Å². The predicted octanol–water partition coefficient (Wildman–Crippen LogP) is 7.69. The maximum absolute atomic E-state index is 12.7. The quantitative estimate of drug-likeness (QED) is 0.0161. The summed E-state index contributed by atoms with van der Waals surface area (Å²) in [5.74, 6) is -0.489. The van der Waals surface area contributed by atoms with E-state index in [0.29, 0.717) is 13.0 Å². The minimum atomic E-state index is -5.01. The van der Waals surface area contributed by atoms with E-state index < -0.39 is 63.1 Å². The Morgan fingerprint density at radius 2 is 1.07 bits per heavy atom. The van der Waals surface area contributed by atoms with Gasteiger partial charge in [0.2, 0.25) is 0 Å². The molecule has 0 bridgehead atoms. The highest BCUT2D eigenvalue weighted by atomic mass is 31.2. The lowest BCUT2D eigenvalue weighted by Gasteiger charge is -2.41. The average Bonchev–Trinajstić information content (AvgIpc) is 3.17. The van der Waals surface area contributed by atoms with Gasteiger partial charge in [0.1, 0.15) is 42.7 Å². The van der Waals surface area contributed by atoms with Gasteiger partial charge in [0.05, 0.1) is 13.2 Å². The summed E-state index contributed by atoms with van der Waals surface area (Å²) in [4.78, 5) is 23.0.